The van der Waals surface area contributed by atoms with Gasteiger partial charge in [-0.3, -0.25) is 4.79 Å². The lowest BCUT2D eigenvalue weighted by Crippen LogP contribution is -2.39. The highest BCUT2D eigenvalue weighted by molar-refractivity contribution is 5.81. The number of furan rings is 1. The normalized spacial score (nSPS) is 22.9. The lowest BCUT2D eigenvalue weighted by atomic mass is 9.83. The summed E-state index contributed by atoms with van der Waals surface area (Å²) >= 11 is 0. The minimum Gasteiger partial charge on any atom is -0.464 e. The molecule has 2 fully saturated rings. The van der Waals surface area contributed by atoms with Crippen molar-refractivity contribution in [2.45, 2.75) is 63.3 Å². The van der Waals surface area contributed by atoms with E-state index in [-0.39, 0.29) is 5.91 Å². The molecular weight excluding hydrogens is 402 g/mol. The third kappa shape index (κ3) is 5.07. The quantitative estimate of drug-likeness (QED) is 0.571. The number of nitrogens with one attached hydrogen (secondary N) is 1. The molecular formula is C26H33N3O3. The number of carbonyl (C=O) groups excluding carboxylic acids is 1. The number of carbonyl (C=O) groups is 1. The van der Waals surface area contributed by atoms with Gasteiger partial charge in [0.05, 0.1) is 18.4 Å². The van der Waals surface area contributed by atoms with Gasteiger partial charge in [-0.15, -0.1) is 0 Å². The van der Waals surface area contributed by atoms with Gasteiger partial charge < -0.3 is 19.2 Å². The van der Waals surface area contributed by atoms with E-state index in [2.05, 4.69) is 33.6 Å². The summed E-state index contributed by atoms with van der Waals surface area (Å²) < 4.78 is 10.6. The minimum absolute atomic E-state index is 0.0515. The molecule has 0 atom stereocenters. The van der Waals surface area contributed by atoms with Crippen molar-refractivity contribution < 1.29 is 13.7 Å². The Balaban J connectivity index is 1.01. The number of para-hydroxylation sites is 1. The van der Waals surface area contributed by atoms with E-state index >= 15 is 0 Å². The molecule has 3 aromatic rings. The third-order valence-corrected chi connectivity index (χ3v) is 7.44. The first-order valence-electron chi connectivity index (χ1n) is 12.1. The summed E-state index contributed by atoms with van der Waals surface area (Å²) in [6, 6.07) is 10.5. The van der Waals surface area contributed by atoms with Gasteiger partial charge in [-0.1, -0.05) is 23.4 Å². The molecule has 1 saturated carbocycles. The number of hydrogen-bond acceptors (Lipinski definition) is 5. The van der Waals surface area contributed by atoms with Crippen LogP contribution in [0.3, 0.4) is 0 Å². The Kier molecular flexibility index (Phi) is 6.58. The van der Waals surface area contributed by atoms with Crippen molar-refractivity contribution in [2.75, 3.05) is 19.6 Å². The fraction of sp³-hybridized carbons (Fsp3) is 0.538. The van der Waals surface area contributed by atoms with Gasteiger partial charge in [0.1, 0.15) is 11.8 Å². The van der Waals surface area contributed by atoms with Gasteiger partial charge in [0.25, 0.3) is 0 Å². The molecule has 0 bridgehead atoms. The summed E-state index contributed by atoms with van der Waals surface area (Å²) in [6.45, 7) is 3.56. The summed E-state index contributed by atoms with van der Waals surface area (Å²) in [5, 5.41) is 8.28. The van der Waals surface area contributed by atoms with Crippen molar-refractivity contribution in [2.24, 2.45) is 5.92 Å². The van der Waals surface area contributed by atoms with E-state index in [0.717, 1.165) is 24.3 Å². The number of fused-ring (bicyclic) bond motifs is 1. The van der Waals surface area contributed by atoms with Gasteiger partial charge in [-0.05, 0) is 82.5 Å². The van der Waals surface area contributed by atoms with Crippen LogP contribution in [-0.4, -0.2) is 41.6 Å². The van der Waals surface area contributed by atoms with E-state index in [1.165, 1.54) is 69.0 Å². The number of aromatic nitrogens is 1. The summed E-state index contributed by atoms with van der Waals surface area (Å²) in [5.41, 5.74) is 3.10. The highest BCUT2D eigenvalue weighted by atomic mass is 16.5. The number of amides is 1. The van der Waals surface area contributed by atoms with Crippen LogP contribution in [0.4, 0.5) is 0 Å². The molecule has 0 spiro atoms. The fourth-order valence-corrected chi connectivity index (χ4v) is 5.51. The zero-order valence-corrected chi connectivity index (χ0v) is 18.7. The molecule has 1 aromatic carbocycles. The molecule has 0 radical (unpaired) electrons. The SMILES string of the molecule is O=C(Cc1ccon1)NC1CCC(CCN2CCC(c3coc4ccccc34)CC2)CC1. The maximum absolute atomic E-state index is 12.2. The molecule has 0 unspecified atom stereocenters. The predicted octanol–water partition coefficient (Wildman–Crippen LogP) is 4.91. The second-order valence-electron chi connectivity index (χ2n) is 9.54. The largest absolute Gasteiger partial charge is 0.464 e. The van der Waals surface area contributed by atoms with Crippen molar-refractivity contribution >= 4 is 16.9 Å². The Morgan fingerprint density at radius 3 is 2.66 bits per heavy atom. The number of benzene rings is 1. The van der Waals surface area contributed by atoms with Crippen molar-refractivity contribution in [1.82, 2.24) is 15.4 Å². The highest BCUT2D eigenvalue weighted by Crippen LogP contribution is 2.35. The average molecular weight is 436 g/mol. The minimum atomic E-state index is 0.0515. The molecule has 1 N–H and O–H groups in total. The zero-order valence-electron chi connectivity index (χ0n) is 18.7. The van der Waals surface area contributed by atoms with Crippen LogP contribution in [0.2, 0.25) is 0 Å². The molecule has 170 valence electrons. The van der Waals surface area contributed by atoms with Crippen LogP contribution in [0, 0.1) is 5.92 Å². The maximum Gasteiger partial charge on any atom is 0.226 e. The molecule has 2 aromatic heterocycles. The van der Waals surface area contributed by atoms with Crippen LogP contribution in [0.15, 0.2) is 51.8 Å². The number of nitrogens with zero attached hydrogens (tertiary/aromatic N) is 2. The van der Waals surface area contributed by atoms with E-state index in [0.29, 0.717) is 24.1 Å². The number of rotatable bonds is 7. The monoisotopic (exact) mass is 435 g/mol. The number of likely N-dealkylation sites (tertiary alicyclic amines) is 1. The zero-order chi connectivity index (χ0) is 21.8. The van der Waals surface area contributed by atoms with E-state index < -0.39 is 0 Å². The number of piperidine rings is 1. The van der Waals surface area contributed by atoms with Crippen LogP contribution in [-0.2, 0) is 11.2 Å². The smallest absolute Gasteiger partial charge is 0.226 e. The highest BCUT2D eigenvalue weighted by Gasteiger charge is 2.26. The van der Waals surface area contributed by atoms with Gasteiger partial charge in [0.15, 0.2) is 0 Å². The van der Waals surface area contributed by atoms with Gasteiger partial charge in [0.2, 0.25) is 5.91 Å². The van der Waals surface area contributed by atoms with E-state index in [9.17, 15) is 4.79 Å². The Hall–Kier alpha value is -2.60. The van der Waals surface area contributed by atoms with Gasteiger partial charge >= 0.3 is 0 Å². The Morgan fingerprint density at radius 2 is 1.88 bits per heavy atom. The first kappa shape index (κ1) is 21.3. The molecule has 6 heteroatoms. The molecule has 3 heterocycles. The van der Waals surface area contributed by atoms with Crippen LogP contribution in [0.25, 0.3) is 11.0 Å². The van der Waals surface area contributed by atoms with Crippen molar-refractivity contribution in [3.8, 4) is 0 Å². The molecule has 6 nitrogen and oxygen atoms in total. The Bertz CT molecular complexity index is 996. The first-order chi connectivity index (χ1) is 15.7. The van der Waals surface area contributed by atoms with E-state index in [1.807, 2.05) is 12.3 Å². The average Bonchev–Trinajstić information content (AvgIpc) is 3.49. The van der Waals surface area contributed by atoms with Crippen LogP contribution in [0.5, 0.6) is 0 Å². The van der Waals surface area contributed by atoms with Crippen LogP contribution in [0.1, 0.15) is 62.1 Å². The standard InChI is InChI=1S/C26H33N3O3/c30-26(17-22-12-16-32-28-22)27-21-7-5-19(6-8-21)9-13-29-14-10-20(11-15-29)24-18-31-25-4-2-1-3-23(24)25/h1-4,12,16,18-21H,5-11,13-15,17H2,(H,27,30). The van der Waals surface area contributed by atoms with Crippen molar-refractivity contribution in [3.05, 3.63) is 54.1 Å². The second-order valence-corrected chi connectivity index (χ2v) is 9.54. The molecule has 32 heavy (non-hydrogen) atoms. The lowest BCUT2D eigenvalue weighted by molar-refractivity contribution is -0.121. The topological polar surface area (TPSA) is 71.5 Å². The van der Waals surface area contributed by atoms with Gasteiger partial charge in [-0.2, -0.15) is 0 Å². The van der Waals surface area contributed by atoms with Crippen molar-refractivity contribution in [3.63, 3.8) is 0 Å². The van der Waals surface area contributed by atoms with Crippen LogP contribution < -0.4 is 5.32 Å². The summed E-state index contributed by atoms with van der Waals surface area (Å²) in [5.74, 6) is 1.45. The molecule has 2 aliphatic rings. The predicted molar refractivity (Wildman–Crippen MR) is 123 cm³/mol. The maximum atomic E-state index is 12.2. The Morgan fingerprint density at radius 1 is 1.06 bits per heavy atom. The van der Waals surface area contributed by atoms with E-state index in [4.69, 9.17) is 8.94 Å². The molecule has 1 saturated heterocycles. The first-order valence-corrected chi connectivity index (χ1v) is 12.1. The Labute approximate surface area is 189 Å². The fourth-order valence-electron chi connectivity index (χ4n) is 5.51. The summed E-state index contributed by atoms with van der Waals surface area (Å²) in [4.78, 5) is 14.8. The second kappa shape index (κ2) is 9.90. The van der Waals surface area contributed by atoms with Crippen molar-refractivity contribution in [1.29, 1.82) is 0 Å². The summed E-state index contributed by atoms with van der Waals surface area (Å²) in [7, 11) is 0. The van der Waals surface area contributed by atoms with Gasteiger partial charge in [0, 0.05) is 23.1 Å². The van der Waals surface area contributed by atoms with E-state index in [1.54, 1.807) is 6.07 Å². The molecule has 1 amide bonds. The number of hydrogen-bond donors (Lipinski definition) is 1. The molecule has 1 aliphatic carbocycles. The summed E-state index contributed by atoms with van der Waals surface area (Å²) in [6.07, 6.45) is 12.1. The lowest BCUT2D eigenvalue weighted by Gasteiger charge is -2.34. The third-order valence-electron chi connectivity index (χ3n) is 7.44. The van der Waals surface area contributed by atoms with Gasteiger partial charge in [-0.25, -0.2) is 0 Å². The van der Waals surface area contributed by atoms with Crippen LogP contribution >= 0.6 is 0 Å². The molecule has 1 aliphatic heterocycles. The molecule has 5 rings (SSSR count).